The molecular formula is C15H21BrN2O2. The first-order valence-electron chi connectivity index (χ1n) is 7.01. The van der Waals surface area contributed by atoms with Crippen LogP contribution in [0.1, 0.15) is 26.2 Å². The van der Waals surface area contributed by atoms with Crippen molar-refractivity contribution in [2.75, 3.05) is 19.0 Å². The fourth-order valence-electron chi connectivity index (χ4n) is 2.56. The van der Waals surface area contributed by atoms with Gasteiger partial charge in [-0.25, -0.2) is 0 Å². The molecule has 0 aliphatic carbocycles. The van der Waals surface area contributed by atoms with Gasteiger partial charge in [0.1, 0.15) is 5.75 Å². The van der Waals surface area contributed by atoms with Crippen molar-refractivity contribution in [2.24, 2.45) is 5.92 Å². The van der Waals surface area contributed by atoms with Crippen LogP contribution in [-0.4, -0.2) is 25.6 Å². The molecule has 0 saturated carbocycles. The second kappa shape index (κ2) is 7.09. The maximum absolute atomic E-state index is 12.4. The zero-order valence-corrected chi connectivity index (χ0v) is 13.5. The second-order valence-electron chi connectivity index (χ2n) is 5.14. The minimum Gasteiger partial charge on any atom is -0.495 e. The Bertz CT molecular complexity index is 479. The lowest BCUT2D eigenvalue weighted by Gasteiger charge is -2.29. The number of hydrogen-bond donors (Lipinski definition) is 2. The summed E-state index contributed by atoms with van der Waals surface area (Å²) in [7, 11) is 1.60. The first-order chi connectivity index (χ1) is 9.63. The molecule has 2 rings (SSSR count). The van der Waals surface area contributed by atoms with Crippen molar-refractivity contribution < 1.29 is 9.53 Å². The van der Waals surface area contributed by atoms with Gasteiger partial charge in [-0.1, -0.05) is 29.3 Å². The van der Waals surface area contributed by atoms with Gasteiger partial charge in [0.05, 0.1) is 18.8 Å². The number of benzene rings is 1. The van der Waals surface area contributed by atoms with Gasteiger partial charge in [-0.05, 0) is 43.5 Å². The van der Waals surface area contributed by atoms with Gasteiger partial charge in [0.15, 0.2) is 0 Å². The molecule has 2 N–H and O–H groups in total. The molecule has 0 radical (unpaired) electrons. The quantitative estimate of drug-likeness (QED) is 0.884. The van der Waals surface area contributed by atoms with Crippen LogP contribution in [0.25, 0.3) is 0 Å². The summed E-state index contributed by atoms with van der Waals surface area (Å²) in [6.07, 6.45) is 3.19. The number of halogens is 1. The summed E-state index contributed by atoms with van der Waals surface area (Å²) >= 11 is 3.41. The van der Waals surface area contributed by atoms with Gasteiger partial charge in [-0.15, -0.1) is 0 Å². The zero-order chi connectivity index (χ0) is 14.5. The Morgan fingerprint density at radius 1 is 1.55 bits per heavy atom. The summed E-state index contributed by atoms with van der Waals surface area (Å²) in [5, 5.41) is 6.25. The van der Waals surface area contributed by atoms with Crippen LogP contribution in [0, 0.1) is 5.92 Å². The maximum atomic E-state index is 12.4. The average molecular weight is 341 g/mol. The molecule has 0 aromatic heterocycles. The Kier molecular flexibility index (Phi) is 5.43. The first-order valence-corrected chi connectivity index (χ1v) is 7.81. The van der Waals surface area contributed by atoms with E-state index >= 15 is 0 Å². The molecule has 1 saturated heterocycles. The minimum atomic E-state index is -0.114. The van der Waals surface area contributed by atoms with Crippen molar-refractivity contribution in [3.05, 3.63) is 22.7 Å². The van der Waals surface area contributed by atoms with Crippen LogP contribution in [0.3, 0.4) is 0 Å². The van der Waals surface area contributed by atoms with Crippen LogP contribution >= 0.6 is 15.9 Å². The van der Waals surface area contributed by atoms with Crippen molar-refractivity contribution in [3.63, 3.8) is 0 Å². The zero-order valence-electron chi connectivity index (χ0n) is 11.9. The number of carbonyl (C=O) groups is 1. The van der Waals surface area contributed by atoms with Gasteiger partial charge in [-0.3, -0.25) is 4.79 Å². The fraction of sp³-hybridized carbons (Fsp3) is 0.533. The maximum Gasteiger partial charge on any atom is 0.241 e. The molecule has 1 amide bonds. The Hall–Kier alpha value is -1.07. The van der Waals surface area contributed by atoms with E-state index in [1.54, 1.807) is 7.11 Å². The van der Waals surface area contributed by atoms with E-state index in [0.29, 0.717) is 17.4 Å². The molecule has 0 bridgehead atoms. The Labute approximate surface area is 128 Å². The highest BCUT2D eigenvalue weighted by Gasteiger charge is 2.26. The summed E-state index contributed by atoms with van der Waals surface area (Å²) in [5.41, 5.74) is 0.701. The topological polar surface area (TPSA) is 50.4 Å². The standard InChI is InChI=1S/C15H21BrN2O2/c1-3-10-6-7-17-13(8-10)15(19)18-12-9-11(16)4-5-14(12)20-2/h4-5,9-10,13,17H,3,6-8H2,1-2H3,(H,18,19). The first kappa shape index (κ1) is 15.3. The van der Waals surface area contributed by atoms with Crippen LogP contribution in [0.5, 0.6) is 5.75 Å². The molecule has 1 heterocycles. The van der Waals surface area contributed by atoms with Crippen LogP contribution < -0.4 is 15.4 Å². The molecule has 2 atom stereocenters. The Morgan fingerprint density at radius 2 is 2.35 bits per heavy atom. The number of methoxy groups -OCH3 is 1. The van der Waals surface area contributed by atoms with Gasteiger partial charge in [0.2, 0.25) is 5.91 Å². The molecule has 1 aromatic carbocycles. The summed E-state index contributed by atoms with van der Waals surface area (Å²) in [4.78, 5) is 12.4. The summed E-state index contributed by atoms with van der Waals surface area (Å²) in [6, 6.07) is 5.47. The van der Waals surface area contributed by atoms with Gasteiger partial charge in [-0.2, -0.15) is 0 Å². The molecule has 5 heteroatoms. The van der Waals surface area contributed by atoms with Crippen LogP contribution in [0.2, 0.25) is 0 Å². The number of ether oxygens (including phenoxy) is 1. The molecule has 1 aromatic rings. The number of amides is 1. The highest BCUT2D eigenvalue weighted by molar-refractivity contribution is 9.10. The predicted molar refractivity (Wildman–Crippen MR) is 84.1 cm³/mol. The monoisotopic (exact) mass is 340 g/mol. The highest BCUT2D eigenvalue weighted by atomic mass is 79.9. The lowest BCUT2D eigenvalue weighted by Crippen LogP contribution is -2.46. The minimum absolute atomic E-state index is 0.0135. The molecule has 1 aliphatic heterocycles. The Balaban J connectivity index is 2.05. The smallest absolute Gasteiger partial charge is 0.241 e. The largest absolute Gasteiger partial charge is 0.495 e. The third-order valence-electron chi connectivity index (χ3n) is 3.83. The number of piperidine rings is 1. The van der Waals surface area contributed by atoms with E-state index in [-0.39, 0.29) is 11.9 Å². The van der Waals surface area contributed by atoms with E-state index < -0.39 is 0 Å². The summed E-state index contributed by atoms with van der Waals surface area (Å²) in [6.45, 7) is 3.09. The second-order valence-corrected chi connectivity index (χ2v) is 6.05. The number of carbonyl (C=O) groups excluding carboxylic acids is 1. The average Bonchev–Trinajstić information content (AvgIpc) is 2.47. The molecule has 4 nitrogen and oxygen atoms in total. The number of nitrogens with one attached hydrogen (secondary N) is 2. The third-order valence-corrected chi connectivity index (χ3v) is 4.32. The van der Waals surface area contributed by atoms with Gasteiger partial charge >= 0.3 is 0 Å². The SMILES string of the molecule is CCC1CCNC(C(=O)Nc2cc(Br)ccc2OC)C1. The third kappa shape index (κ3) is 3.73. The Morgan fingerprint density at radius 3 is 3.05 bits per heavy atom. The van der Waals surface area contributed by atoms with Crippen molar-refractivity contribution in [2.45, 2.75) is 32.2 Å². The van der Waals surface area contributed by atoms with Crippen molar-refractivity contribution in [1.29, 1.82) is 0 Å². The van der Waals surface area contributed by atoms with Gasteiger partial charge in [0.25, 0.3) is 0 Å². The van der Waals surface area contributed by atoms with Crippen LogP contribution in [0.4, 0.5) is 5.69 Å². The van der Waals surface area contributed by atoms with E-state index in [9.17, 15) is 4.79 Å². The summed E-state index contributed by atoms with van der Waals surface area (Å²) < 4.78 is 6.19. The number of anilines is 1. The van der Waals surface area contributed by atoms with Gasteiger partial charge in [0, 0.05) is 4.47 Å². The highest BCUT2D eigenvalue weighted by Crippen LogP contribution is 2.28. The fourth-order valence-corrected chi connectivity index (χ4v) is 2.93. The predicted octanol–water partition coefficient (Wildman–Crippen LogP) is 3.17. The van der Waals surface area contributed by atoms with E-state index in [2.05, 4.69) is 33.5 Å². The van der Waals surface area contributed by atoms with Crippen LogP contribution in [0.15, 0.2) is 22.7 Å². The lowest BCUT2D eigenvalue weighted by molar-refractivity contribution is -0.119. The molecule has 20 heavy (non-hydrogen) atoms. The molecule has 1 fully saturated rings. The lowest BCUT2D eigenvalue weighted by atomic mass is 9.90. The van der Waals surface area contributed by atoms with Crippen molar-refractivity contribution in [1.82, 2.24) is 5.32 Å². The molecule has 110 valence electrons. The number of hydrogen-bond acceptors (Lipinski definition) is 3. The van der Waals surface area contributed by atoms with E-state index in [4.69, 9.17) is 4.74 Å². The van der Waals surface area contributed by atoms with Crippen molar-refractivity contribution in [3.8, 4) is 5.75 Å². The molecule has 1 aliphatic rings. The normalized spacial score (nSPS) is 22.4. The molecule has 0 spiro atoms. The van der Waals surface area contributed by atoms with E-state index in [0.717, 1.165) is 30.3 Å². The molecular weight excluding hydrogens is 320 g/mol. The van der Waals surface area contributed by atoms with Gasteiger partial charge < -0.3 is 15.4 Å². The van der Waals surface area contributed by atoms with Crippen molar-refractivity contribution >= 4 is 27.5 Å². The van der Waals surface area contributed by atoms with E-state index in [1.165, 1.54) is 0 Å². The molecule has 2 unspecified atom stereocenters. The summed E-state index contributed by atoms with van der Waals surface area (Å²) in [5.74, 6) is 1.32. The van der Waals surface area contributed by atoms with E-state index in [1.807, 2.05) is 18.2 Å². The van der Waals surface area contributed by atoms with Crippen LogP contribution in [-0.2, 0) is 4.79 Å². The number of rotatable bonds is 4.